The summed E-state index contributed by atoms with van der Waals surface area (Å²) in [6, 6.07) is 7.05. The SMILES string of the molecule is CCCCCCCCN1[C@@H](CC(=O)NC2CCCC2)c2ccccc2S1(=O)=O. The molecule has 1 atom stereocenters. The Kier molecular flexibility index (Phi) is 7.52. The van der Waals surface area contributed by atoms with Crippen LogP contribution >= 0.6 is 0 Å². The van der Waals surface area contributed by atoms with Gasteiger partial charge in [0.25, 0.3) is 0 Å². The molecule has 1 aliphatic heterocycles. The molecule has 28 heavy (non-hydrogen) atoms. The van der Waals surface area contributed by atoms with E-state index in [2.05, 4.69) is 12.2 Å². The Morgan fingerprint density at radius 2 is 1.75 bits per heavy atom. The normalized spacial score (nSPS) is 21.7. The largest absolute Gasteiger partial charge is 0.353 e. The number of amides is 1. The Morgan fingerprint density at radius 1 is 1.07 bits per heavy atom. The Hall–Kier alpha value is -1.40. The topological polar surface area (TPSA) is 66.5 Å². The van der Waals surface area contributed by atoms with E-state index in [4.69, 9.17) is 0 Å². The first-order chi connectivity index (χ1) is 13.5. The minimum absolute atomic E-state index is 0.0308. The van der Waals surface area contributed by atoms with E-state index in [0.717, 1.165) is 50.5 Å². The summed E-state index contributed by atoms with van der Waals surface area (Å²) >= 11 is 0. The number of rotatable bonds is 10. The lowest BCUT2D eigenvalue weighted by Crippen LogP contribution is -2.37. The van der Waals surface area contributed by atoms with Crippen molar-refractivity contribution < 1.29 is 13.2 Å². The highest BCUT2D eigenvalue weighted by atomic mass is 32.2. The second kappa shape index (κ2) is 9.88. The number of carbonyl (C=O) groups is 1. The van der Waals surface area contributed by atoms with Crippen LogP contribution < -0.4 is 5.32 Å². The fourth-order valence-electron chi connectivity index (χ4n) is 4.51. The molecule has 156 valence electrons. The van der Waals surface area contributed by atoms with Crippen LogP contribution in [0.4, 0.5) is 0 Å². The van der Waals surface area contributed by atoms with E-state index in [1.54, 1.807) is 16.4 Å². The monoisotopic (exact) mass is 406 g/mol. The summed E-state index contributed by atoms with van der Waals surface area (Å²) in [6.07, 6.45) is 11.3. The van der Waals surface area contributed by atoms with Crippen molar-refractivity contribution in [1.82, 2.24) is 9.62 Å². The van der Waals surface area contributed by atoms with Crippen LogP contribution in [0.15, 0.2) is 29.2 Å². The number of benzene rings is 1. The molecule has 0 saturated heterocycles. The standard InChI is InChI=1S/C22H34N2O3S/c1-2-3-4-5-6-11-16-24-20(17-22(25)23-18-12-7-8-13-18)19-14-9-10-15-21(19)28(24,26)27/h9-10,14-15,18,20H,2-8,11-13,16-17H2,1H3,(H,23,25)/t20-/m0/s1. The van der Waals surface area contributed by atoms with Gasteiger partial charge < -0.3 is 5.32 Å². The summed E-state index contributed by atoms with van der Waals surface area (Å²) < 4.78 is 27.7. The molecule has 0 unspecified atom stereocenters. The number of sulfonamides is 1. The number of carbonyl (C=O) groups excluding carboxylic acids is 1. The molecule has 2 aliphatic rings. The highest BCUT2D eigenvalue weighted by Gasteiger charge is 2.42. The van der Waals surface area contributed by atoms with Crippen LogP contribution in [0, 0.1) is 0 Å². The molecule has 1 N–H and O–H groups in total. The summed E-state index contributed by atoms with van der Waals surface area (Å²) in [4.78, 5) is 13.0. The van der Waals surface area contributed by atoms with Crippen LogP contribution in [-0.4, -0.2) is 31.2 Å². The molecule has 1 fully saturated rings. The first kappa shape index (κ1) is 21.3. The van der Waals surface area contributed by atoms with Crippen LogP contribution in [0.2, 0.25) is 0 Å². The number of nitrogens with zero attached hydrogens (tertiary/aromatic N) is 1. The van der Waals surface area contributed by atoms with Gasteiger partial charge in [0.15, 0.2) is 0 Å². The summed E-state index contributed by atoms with van der Waals surface area (Å²) in [5.41, 5.74) is 0.773. The zero-order valence-corrected chi connectivity index (χ0v) is 17.8. The molecule has 0 bridgehead atoms. The average molecular weight is 407 g/mol. The molecule has 0 radical (unpaired) electrons. The van der Waals surface area contributed by atoms with Gasteiger partial charge in [-0.25, -0.2) is 8.42 Å². The number of nitrogens with one attached hydrogen (secondary N) is 1. The van der Waals surface area contributed by atoms with Gasteiger partial charge in [0.2, 0.25) is 15.9 Å². The van der Waals surface area contributed by atoms with E-state index in [1.165, 1.54) is 19.3 Å². The third-order valence-electron chi connectivity index (χ3n) is 6.04. The van der Waals surface area contributed by atoms with E-state index in [-0.39, 0.29) is 24.4 Å². The molecule has 0 spiro atoms. The first-order valence-electron chi connectivity index (χ1n) is 10.9. The fourth-order valence-corrected chi connectivity index (χ4v) is 6.41. The maximum absolute atomic E-state index is 13.1. The molecule has 1 heterocycles. The summed E-state index contributed by atoms with van der Waals surface area (Å²) in [5.74, 6) is -0.0308. The molecule has 0 aromatic heterocycles. The van der Waals surface area contributed by atoms with Gasteiger partial charge in [-0.05, 0) is 30.9 Å². The van der Waals surface area contributed by atoms with Crippen LogP contribution in [0.5, 0.6) is 0 Å². The summed E-state index contributed by atoms with van der Waals surface area (Å²) in [7, 11) is -3.51. The second-order valence-electron chi connectivity index (χ2n) is 8.19. The van der Waals surface area contributed by atoms with Crippen molar-refractivity contribution in [2.24, 2.45) is 0 Å². The molecular formula is C22H34N2O3S. The Bertz CT molecular complexity index is 757. The smallest absolute Gasteiger partial charge is 0.243 e. The highest BCUT2D eigenvalue weighted by Crippen LogP contribution is 2.41. The third kappa shape index (κ3) is 4.95. The van der Waals surface area contributed by atoms with Gasteiger partial charge in [-0.2, -0.15) is 4.31 Å². The van der Waals surface area contributed by atoms with Crippen LogP contribution in [0.3, 0.4) is 0 Å². The number of fused-ring (bicyclic) bond motifs is 1. The minimum Gasteiger partial charge on any atom is -0.353 e. The van der Waals surface area contributed by atoms with Gasteiger partial charge in [0, 0.05) is 19.0 Å². The Labute approximate surface area is 169 Å². The number of unbranched alkanes of at least 4 members (excludes halogenated alkanes) is 5. The molecule has 3 rings (SSSR count). The molecule has 1 aliphatic carbocycles. The van der Waals surface area contributed by atoms with Crippen molar-refractivity contribution in [3.8, 4) is 0 Å². The van der Waals surface area contributed by atoms with Gasteiger partial charge in [-0.3, -0.25) is 4.79 Å². The van der Waals surface area contributed by atoms with Crippen molar-refractivity contribution in [2.45, 2.75) is 94.5 Å². The minimum atomic E-state index is -3.51. The van der Waals surface area contributed by atoms with Crippen LogP contribution in [-0.2, 0) is 14.8 Å². The van der Waals surface area contributed by atoms with Gasteiger partial charge in [-0.15, -0.1) is 0 Å². The zero-order chi connectivity index (χ0) is 20.0. The molecule has 1 aromatic rings. The van der Waals surface area contributed by atoms with Crippen LogP contribution in [0.1, 0.15) is 89.2 Å². The Morgan fingerprint density at radius 3 is 2.50 bits per heavy atom. The molecule has 1 aromatic carbocycles. The average Bonchev–Trinajstić information content (AvgIpc) is 3.25. The summed E-state index contributed by atoms with van der Waals surface area (Å²) in [5, 5.41) is 3.11. The van der Waals surface area contributed by atoms with Crippen LogP contribution in [0.25, 0.3) is 0 Å². The number of hydrogen-bond acceptors (Lipinski definition) is 3. The maximum atomic E-state index is 13.1. The van der Waals surface area contributed by atoms with Gasteiger partial charge in [0.1, 0.15) is 0 Å². The predicted molar refractivity (Wildman–Crippen MR) is 111 cm³/mol. The van der Waals surface area contributed by atoms with E-state index < -0.39 is 10.0 Å². The van der Waals surface area contributed by atoms with Gasteiger partial charge in [-0.1, -0.05) is 70.1 Å². The van der Waals surface area contributed by atoms with Crippen molar-refractivity contribution in [3.05, 3.63) is 29.8 Å². The fraction of sp³-hybridized carbons (Fsp3) is 0.682. The van der Waals surface area contributed by atoms with Crippen molar-refractivity contribution in [2.75, 3.05) is 6.54 Å². The van der Waals surface area contributed by atoms with Gasteiger partial charge >= 0.3 is 0 Å². The third-order valence-corrected chi connectivity index (χ3v) is 8.03. The van der Waals surface area contributed by atoms with E-state index in [0.29, 0.717) is 11.4 Å². The van der Waals surface area contributed by atoms with Crippen molar-refractivity contribution in [1.29, 1.82) is 0 Å². The molecule has 5 nitrogen and oxygen atoms in total. The van der Waals surface area contributed by atoms with E-state index in [1.807, 2.05) is 12.1 Å². The molecule has 1 saturated carbocycles. The first-order valence-corrected chi connectivity index (χ1v) is 12.4. The second-order valence-corrected chi connectivity index (χ2v) is 10.0. The van der Waals surface area contributed by atoms with Gasteiger partial charge in [0.05, 0.1) is 10.9 Å². The quantitative estimate of drug-likeness (QED) is 0.580. The lowest BCUT2D eigenvalue weighted by Gasteiger charge is -2.24. The van der Waals surface area contributed by atoms with E-state index in [9.17, 15) is 13.2 Å². The molecule has 6 heteroatoms. The van der Waals surface area contributed by atoms with Crippen molar-refractivity contribution >= 4 is 15.9 Å². The molecule has 1 amide bonds. The zero-order valence-electron chi connectivity index (χ0n) is 17.0. The predicted octanol–water partition coefficient (Wildman–Crippen LogP) is 4.54. The number of hydrogen-bond donors (Lipinski definition) is 1. The highest BCUT2D eigenvalue weighted by molar-refractivity contribution is 7.89. The maximum Gasteiger partial charge on any atom is 0.243 e. The summed E-state index contributed by atoms with van der Waals surface area (Å²) in [6.45, 7) is 2.68. The Balaban J connectivity index is 1.67. The lowest BCUT2D eigenvalue weighted by atomic mass is 10.0. The molecular weight excluding hydrogens is 372 g/mol. The van der Waals surface area contributed by atoms with E-state index >= 15 is 0 Å². The lowest BCUT2D eigenvalue weighted by molar-refractivity contribution is -0.122. The van der Waals surface area contributed by atoms with Crippen molar-refractivity contribution in [3.63, 3.8) is 0 Å².